The second-order valence-corrected chi connectivity index (χ2v) is 3.99. The van der Waals surface area contributed by atoms with E-state index < -0.39 is 12.6 Å². The van der Waals surface area contributed by atoms with Crippen LogP contribution in [-0.2, 0) is 6.42 Å². The number of aromatic nitrogens is 2. The lowest BCUT2D eigenvalue weighted by Crippen LogP contribution is -2.15. The van der Waals surface area contributed by atoms with Gasteiger partial charge in [-0.3, -0.25) is 0 Å². The van der Waals surface area contributed by atoms with Gasteiger partial charge in [0, 0.05) is 12.1 Å². The molecule has 1 N–H and O–H groups in total. The summed E-state index contributed by atoms with van der Waals surface area (Å²) in [5, 5.41) is 0. The summed E-state index contributed by atoms with van der Waals surface area (Å²) in [6, 6.07) is 3.19. The van der Waals surface area contributed by atoms with Crippen molar-refractivity contribution in [2.75, 3.05) is 13.2 Å². The van der Waals surface area contributed by atoms with E-state index in [1.54, 1.807) is 12.1 Å². The summed E-state index contributed by atoms with van der Waals surface area (Å²) < 4.78 is 47.5. The molecule has 1 aliphatic rings. The Bertz CT molecular complexity index is 549. The third-order valence-corrected chi connectivity index (χ3v) is 2.56. The number of hydrogen-bond acceptors (Lipinski definition) is 3. The van der Waals surface area contributed by atoms with Gasteiger partial charge in [0.25, 0.3) is 0 Å². The highest BCUT2D eigenvalue weighted by Crippen LogP contribution is 2.34. The minimum Gasteiger partial charge on any atom is -0.486 e. The molecule has 1 aliphatic heterocycles. The summed E-state index contributed by atoms with van der Waals surface area (Å²) in [6.07, 6.45) is -5.35. The lowest BCUT2D eigenvalue weighted by atomic mass is 10.2. The molecular weight excluding hydrogens is 249 g/mol. The van der Waals surface area contributed by atoms with Crippen LogP contribution in [0.2, 0.25) is 0 Å². The van der Waals surface area contributed by atoms with Crippen LogP contribution in [0.1, 0.15) is 5.82 Å². The van der Waals surface area contributed by atoms with E-state index in [0.717, 1.165) is 0 Å². The zero-order chi connectivity index (χ0) is 12.8. The molecule has 0 saturated carbocycles. The Kier molecular flexibility index (Phi) is 2.36. The Morgan fingerprint density at radius 1 is 1.17 bits per heavy atom. The molecule has 96 valence electrons. The van der Waals surface area contributed by atoms with Crippen LogP contribution in [0.4, 0.5) is 13.2 Å². The standard InChI is InChI=1S/C11H9F3N2O2/c12-11(13,14)5-10-15-6-3-8-9(4-7(6)16-10)18-2-1-17-8/h3-4H,1-2,5H2,(H,15,16). The first-order valence-electron chi connectivity index (χ1n) is 5.36. The highest BCUT2D eigenvalue weighted by molar-refractivity contribution is 5.79. The van der Waals surface area contributed by atoms with Crippen molar-refractivity contribution in [2.45, 2.75) is 12.6 Å². The van der Waals surface area contributed by atoms with Crippen LogP contribution in [0.15, 0.2) is 12.1 Å². The molecule has 0 atom stereocenters. The molecule has 1 aromatic heterocycles. The number of fused-ring (bicyclic) bond motifs is 2. The van der Waals surface area contributed by atoms with Gasteiger partial charge in [0.2, 0.25) is 0 Å². The van der Waals surface area contributed by atoms with Gasteiger partial charge in [0.05, 0.1) is 11.0 Å². The molecule has 0 amide bonds. The summed E-state index contributed by atoms with van der Waals surface area (Å²) >= 11 is 0. The Morgan fingerprint density at radius 3 is 2.50 bits per heavy atom. The Labute approximate surface area is 99.7 Å². The average Bonchev–Trinajstić information content (AvgIpc) is 2.63. The highest BCUT2D eigenvalue weighted by atomic mass is 19.4. The third-order valence-electron chi connectivity index (χ3n) is 2.56. The number of benzene rings is 1. The van der Waals surface area contributed by atoms with Crippen LogP contribution in [0.3, 0.4) is 0 Å². The highest BCUT2D eigenvalue weighted by Gasteiger charge is 2.29. The molecule has 2 heterocycles. The lowest BCUT2D eigenvalue weighted by molar-refractivity contribution is -0.128. The van der Waals surface area contributed by atoms with E-state index >= 15 is 0 Å². The van der Waals surface area contributed by atoms with Crippen molar-refractivity contribution in [2.24, 2.45) is 0 Å². The number of ether oxygens (including phenoxy) is 2. The maximum Gasteiger partial charge on any atom is 0.396 e. The monoisotopic (exact) mass is 258 g/mol. The van der Waals surface area contributed by atoms with Gasteiger partial charge in [-0.05, 0) is 0 Å². The van der Waals surface area contributed by atoms with E-state index in [9.17, 15) is 13.2 Å². The molecule has 0 fully saturated rings. The number of rotatable bonds is 1. The van der Waals surface area contributed by atoms with Gasteiger partial charge in [-0.15, -0.1) is 0 Å². The Hall–Kier alpha value is -1.92. The summed E-state index contributed by atoms with van der Waals surface area (Å²) in [4.78, 5) is 6.53. The fraction of sp³-hybridized carbons (Fsp3) is 0.364. The second kappa shape index (κ2) is 3.79. The Morgan fingerprint density at radius 2 is 1.83 bits per heavy atom. The number of aromatic amines is 1. The number of imidazole rings is 1. The molecule has 7 heteroatoms. The molecule has 18 heavy (non-hydrogen) atoms. The molecule has 0 saturated heterocycles. The topological polar surface area (TPSA) is 47.1 Å². The zero-order valence-electron chi connectivity index (χ0n) is 9.17. The molecule has 0 aliphatic carbocycles. The molecule has 1 aromatic carbocycles. The van der Waals surface area contributed by atoms with E-state index in [1.807, 2.05) is 0 Å². The number of nitrogens with one attached hydrogen (secondary N) is 1. The van der Waals surface area contributed by atoms with Crippen LogP contribution in [0.5, 0.6) is 11.5 Å². The smallest absolute Gasteiger partial charge is 0.396 e. The van der Waals surface area contributed by atoms with E-state index in [-0.39, 0.29) is 5.82 Å². The number of alkyl halides is 3. The van der Waals surface area contributed by atoms with Crippen molar-refractivity contribution in [3.05, 3.63) is 18.0 Å². The molecular formula is C11H9F3N2O2. The maximum atomic E-state index is 12.3. The van der Waals surface area contributed by atoms with Crippen molar-refractivity contribution >= 4 is 11.0 Å². The van der Waals surface area contributed by atoms with E-state index in [4.69, 9.17) is 9.47 Å². The van der Waals surface area contributed by atoms with Gasteiger partial charge < -0.3 is 14.5 Å². The van der Waals surface area contributed by atoms with Gasteiger partial charge in [-0.25, -0.2) is 4.98 Å². The molecule has 2 aromatic rings. The van der Waals surface area contributed by atoms with E-state index in [1.165, 1.54) is 0 Å². The Balaban J connectivity index is 2.01. The first-order chi connectivity index (χ1) is 8.51. The fourth-order valence-corrected chi connectivity index (χ4v) is 1.87. The minimum absolute atomic E-state index is 0.111. The van der Waals surface area contributed by atoms with Crippen LogP contribution >= 0.6 is 0 Å². The number of halogens is 3. The van der Waals surface area contributed by atoms with Gasteiger partial charge in [-0.2, -0.15) is 13.2 Å². The summed E-state index contributed by atoms with van der Waals surface area (Å²) in [5.41, 5.74) is 0.956. The van der Waals surface area contributed by atoms with Crippen LogP contribution in [0.25, 0.3) is 11.0 Å². The van der Waals surface area contributed by atoms with Crippen molar-refractivity contribution in [1.82, 2.24) is 9.97 Å². The third kappa shape index (κ3) is 2.07. The van der Waals surface area contributed by atoms with Gasteiger partial charge in [0.15, 0.2) is 11.5 Å². The quantitative estimate of drug-likeness (QED) is 0.854. The van der Waals surface area contributed by atoms with Gasteiger partial charge >= 0.3 is 6.18 Å². The van der Waals surface area contributed by atoms with Crippen molar-refractivity contribution in [3.63, 3.8) is 0 Å². The first kappa shape index (κ1) is 11.2. The minimum atomic E-state index is -4.28. The summed E-state index contributed by atoms with van der Waals surface area (Å²) in [5.74, 6) is 0.926. The molecule has 3 rings (SSSR count). The average molecular weight is 258 g/mol. The van der Waals surface area contributed by atoms with Crippen molar-refractivity contribution in [3.8, 4) is 11.5 Å². The predicted molar refractivity (Wildman–Crippen MR) is 56.8 cm³/mol. The summed E-state index contributed by atoms with van der Waals surface area (Å²) in [7, 11) is 0. The molecule has 0 radical (unpaired) electrons. The maximum absolute atomic E-state index is 12.3. The van der Waals surface area contributed by atoms with Crippen LogP contribution < -0.4 is 9.47 Å². The predicted octanol–water partition coefficient (Wildman–Crippen LogP) is 2.44. The molecule has 0 spiro atoms. The second-order valence-electron chi connectivity index (χ2n) is 3.99. The van der Waals surface area contributed by atoms with Crippen LogP contribution in [-0.4, -0.2) is 29.4 Å². The number of hydrogen-bond donors (Lipinski definition) is 1. The first-order valence-corrected chi connectivity index (χ1v) is 5.36. The largest absolute Gasteiger partial charge is 0.486 e. The summed E-state index contributed by atoms with van der Waals surface area (Å²) in [6.45, 7) is 0.861. The van der Waals surface area contributed by atoms with Gasteiger partial charge in [-0.1, -0.05) is 0 Å². The van der Waals surface area contributed by atoms with Crippen molar-refractivity contribution < 1.29 is 22.6 Å². The normalized spacial score (nSPS) is 15.1. The van der Waals surface area contributed by atoms with Gasteiger partial charge in [0.1, 0.15) is 25.5 Å². The SMILES string of the molecule is FC(F)(F)Cc1nc2cc3c(cc2[nH]1)OCCO3. The van der Waals surface area contributed by atoms with E-state index in [0.29, 0.717) is 35.7 Å². The molecule has 4 nitrogen and oxygen atoms in total. The van der Waals surface area contributed by atoms with Crippen molar-refractivity contribution in [1.29, 1.82) is 0 Å². The van der Waals surface area contributed by atoms with Crippen LogP contribution in [0, 0.1) is 0 Å². The fourth-order valence-electron chi connectivity index (χ4n) is 1.87. The van der Waals surface area contributed by atoms with E-state index in [2.05, 4.69) is 9.97 Å². The zero-order valence-corrected chi connectivity index (χ0v) is 9.17. The lowest BCUT2D eigenvalue weighted by Gasteiger charge is -2.17. The number of nitrogens with zero attached hydrogens (tertiary/aromatic N) is 1. The molecule has 0 bridgehead atoms. The molecule has 0 unspecified atom stereocenters. The number of H-pyrrole nitrogens is 1.